The lowest BCUT2D eigenvalue weighted by atomic mass is 10.4. The number of pyridine rings is 1. The molecule has 8 heteroatoms. The largest absolute Gasteiger partial charge is 0.395 e. The van der Waals surface area contributed by atoms with Crippen LogP contribution in [0.1, 0.15) is 12.7 Å². The van der Waals surface area contributed by atoms with Crippen LogP contribution in [0, 0.1) is 0 Å². The molecule has 1 N–H and O–H groups in total. The van der Waals surface area contributed by atoms with Crippen molar-refractivity contribution in [2.45, 2.75) is 19.9 Å². The molecule has 0 aliphatic rings. The van der Waals surface area contributed by atoms with Crippen LogP contribution in [0.5, 0.6) is 0 Å². The highest BCUT2D eigenvalue weighted by atomic mass is 16.3. The zero-order valence-electron chi connectivity index (χ0n) is 10.3. The highest BCUT2D eigenvalue weighted by Gasteiger charge is 2.11. The minimum absolute atomic E-state index is 0.107. The Balaban J connectivity index is 2.34. The topological polar surface area (TPSA) is 98.2 Å². The molecule has 0 spiro atoms. The Bertz CT molecular complexity index is 806. The van der Waals surface area contributed by atoms with Crippen molar-refractivity contribution >= 4 is 16.8 Å². The van der Waals surface area contributed by atoms with E-state index in [2.05, 4.69) is 20.3 Å². The van der Waals surface area contributed by atoms with Crippen LogP contribution in [0.15, 0.2) is 17.1 Å². The van der Waals surface area contributed by atoms with E-state index in [9.17, 15) is 4.79 Å². The van der Waals surface area contributed by atoms with Gasteiger partial charge in [-0.05, 0) is 6.07 Å². The van der Waals surface area contributed by atoms with Crippen LogP contribution >= 0.6 is 0 Å². The van der Waals surface area contributed by atoms with Crippen molar-refractivity contribution in [3.8, 4) is 0 Å². The number of aromatic nitrogens is 6. The van der Waals surface area contributed by atoms with E-state index < -0.39 is 0 Å². The standard InChI is InChI=1S/C11H12N6O2/c1-2-8-12-11-14-13-9-7(17(11)15-8)3-4-16(5-6-18)10(9)19/h3-4,18H,2,5-6H2,1H3. The number of nitrogens with zero attached hydrogens (tertiary/aromatic N) is 6. The lowest BCUT2D eigenvalue weighted by molar-refractivity contribution is 0.274. The highest BCUT2D eigenvalue weighted by Crippen LogP contribution is 2.08. The van der Waals surface area contributed by atoms with Gasteiger partial charge in [-0.15, -0.1) is 15.3 Å². The van der Waals surface area contributed by atoms with Crippen LogP contribution < -0.4 is 5.56 Å². The first-order valence-electron chi connectivity index (χ1n) is 5.97. The molecule has 8 nitrogen and oxygen atoms in total. The zero-order chi connectivity index (χ0) is 13.4. The smallest absolute Gasteiger partial charge is 0.280 e. The molecule has 19 heavy (non-hydrogen) atoms. The zero-order valence-corrected chi connectivity index (χ0v) is 10.3. The summed E-state index contributed by atoms with van der Waals surface area (Å²) in [6, 6.07) is 1.72. The van der Waals surface area contributed by atoms with Gasteiger partial charge in [-0.1, -0.05) is 6.92 Å². The van der Waals surface area contributed by atoms with Crippen molar-refractivity contribution in [2.75, 3.05) is 6.61 Å². The Labute approximate surface area is 107 Å². The quantitative estimate of drug-likeness (QED) is 0.674. The third-order valence-electron chi connectivity index (χ3n) is 2.88. The number of aliphatic hydroxyl groups excluding tert-OH is 1. The Hall–Kier alpha value is -2.35. The lowest BCUT2D eigenvalue weighted by Crippen LogP contribution is -2.23. The van der Waals surface area contributed by atoms with Crippen molar-refractivity contribution in [2.24, 2.45) is 0 Å². The first-order valence-corrected chi connectivity index (χ1v) is 5.97. The van der Waals surface area contributed by atoms with E-state index >= 15 is 0 Å². The minimum atomic E-state index is -0.297. The van der Waals surface area contributed by atoms with Crippen LogP contribution in [0.4, 0.5) is 0 Å². The van der Waals surface area contributed by atoms with Crippen LogP contribution in [-0.4, -0.2) is 41.1 Å². The fraction of sp³-hybridized carbons (Fsp3) is 0.364. The Morgan fingerprint density at radius 3 is 2.95 bits per heavy atom. The van der Waals surface area contributed by atoms with Crippen LogP contribution in [0.2, 0.25) is 0 Å². The molecule has 0 fully saturated rings. The molecule has 0 aromatic carbocycles. The van der Waals surface area contributed by atoms with Crippen molar-refractivity contribution in [3.63, 3.8) is 0 Å². The summed E-state index contributed by atoms with van der Waals surface area (Å²) in [5.74, 6) is 1.03. The molecule has 3 aromatic rings. The molecular weight excluding hydrogens is 248 g/mol. The summed E-state index contributed by atoms with van der Waals surface area (Å²) >= 11 is 0. The van der Waals surface area contributed by atoms with E-state index in [1.165, 1.54) is 9.08 Å². The second kappa shape index (κ2) is 4.39. The fourth-order valence-electron chi connectivity index (χ4n) is 1.92. The molecular formula is C11H12N6O2. The molecule has 0 aliphatic heterocycles. The Morgan fingerprint density at radius 1 is 1.37 bits per heavy atom. The van der Waals surface area contributed by atoms with Gasteiger partial charge < -0.3 is 9.67 Å². The fourth-order valence-corrected chi connectivity index (χ4v) is 1.92. The Kier molecular flexibility index (Phi) is 2.71. The molecule has 0 radical (unpaired) electrons. The van der Waals surface area contributed by atoms with E-state index in [4.69, 9.17) is 5.11 Å². The average Bonchev–Trinajstić information content (AvgIpc) is 2.85. The molecule has 3 aromatic heterocycles. The van der Waals surface area contributed by atoms with Gasteiger partial charge in [0.1, 0.15) is 5.52 Å². The van der Waals surface area contributed by atoms with Crippen molar-refractivity contribution in [1.29, 1.82) is 0 Å². The number of rotatable bonds is 3. The van der Waals surface area contributed by atoms with Crippen LogP contribution in [0.25, 0.3) is 16.8 Å². The summed E-state index contributed by atoms with van der Waals surface area (Å²) in [6.45, 7) is 2.06. The van der Waals surface area contributed by atoms with E-state index in [0.29, 0.717) is 23.5 Å². The SMILES string of the molecule is CCc1nc2nnc3c(=O)n(CCO)ccc3n2n1. The average molecular weight is 260 g/mol. The third-order valence-corrected chi connectivity index (χ3v) is 2.88. The summed E-state index contributed by atoms with van der Waals surface area (Å²) in [5.41, 5.74) is 0.488. The summed E-state index contributed by atoms with van der Waals surface area (Å²) in [4.78, 5) is 16.3. The number of hydrogen-bond donors (Lipinski definition) is 1. The second-order valence-electron chi connectivity index (χ2n) is 4.07. The molecule has 3 rings (SSSR count). The third kappa shape index (κ3) is 1.76. The van der Waals surface area contributed by atoms with E-state index in [1.807, 2.05) is 6.92 Å². The molecule has 0 saturated carbocycles. The maximum Gasteiger partial charge on any atom is 0.280 e. The van der Waals surface area contributed by atoms with Crippen LogP contribution in [-0.2, 0) is 13.0 Å². The summed E-state index contributed by atoms with van der Waals surface area (Å²) in [7, 11) is 0. The van der Waals surface area contributed by atoms with Gasteiger partial charge in [0.15, 0.2) is 11.3 Å². The van der Waals surface area contributed by atoms with Gasteiger partial charge in [-0.25, -0.2) is 0 Å². The maximum absolute atomic E-state index is 12.1. The van der Waals surface area contributed by atoms with Crippen molar-refractivity contribution < 1.29 is 5.11 Å². The van der Waals surface area contributed by atoms with E-state index in [1.54, 1.807) is 12.3 Å². The van der Waals surface area contributed by atoms with Gasteiger partial charge in [0, 0.05) is 19.2 Å². The monoisotopic (exact) mass is 260 g/mol. The van der Waals surface area contributed by atoms with Gasteiger partial charge in [-0.3, -0.25) is 4.79 Å². The molecule has 0 amide bonds. The normalized spacial score (nSPS) is 11.5. The van der Waals surface area contributed by atoms with Gasteiger partial charge in [-0.2, -0.15) is 9.50 Å². The number of aliphatic hydroxyl groups is 1. The predicted molar refractivity (Wildman–Crippen MR) is 66.8 cm³/mol. The van der Waals surface area contributed by atoms with Crippen molar-refractivity contribution in [3.05, 3.63) is 28.4 Å². The van der Waals surface area contributed by atoms with E-state index in [-0.39, 0.29) is 24.2 Å². The molecule has 0 unspecified atom stereocenters. The molecule has 0 aliphatic carbocycles. The van der Waals surface area contributed by atoms with Gasteiger partial charge in [0.05, 0.1) is 6.61 Å². The lowest BCUT2D eigenvalue weighted by Gasteiger charge is -2.04. The highest BCUT2D eigenvalue weighted by molar-refractivity contribution is 5.74. The van der Waals surface area contributed by atoms with Gasteiger partial charge >= 0.3 is 0 Å². The molecule has 3 heterocycles. The number of hydrogen-bond acceptors (Lipinski definition) is 6. The summed E-state index contributed by atoms with van der Waals surface area (Å²) < 4.78 is 2.91. The molecule has 0 atom stereocenters. The second-order valence-corrected chi connectivity index (χ2v) is 4.07. The first kappa shape index (κ1) is 11.7. The van der Waals surface area contributed by atoms with Crippen LogP contribution in [0.3, 0.4) is 0 Å². The van der Waals surface area contributed by atoms with Crippen molar-refractivity contribution in [1.82, 2.24) is 29.4 Å². The maximum atomic E-state index is 12.1. The molecule has 0 bridgehead atoms. The van der Waals surface area contributed by atoms with Gasteiger partial charge in [0.25, 0.3) is 11.3 Å². The minimum Gasteiger partial charge on any atom is -0.395 e. The predicted octanol–water partition coefficient (Wildman–Crippen LogP) is -0.611. The number of fused-ring (bicyclic) bond motifs is 3. The first-order chi connectivity index (χ1) is 9.24. The summed E-state index contributed by atoms with van der Waals surface area (Å²) in [5, 5.41) is 21.0. The van der Waals surface area contributed by atoms with E-state index in [0.717, 1.165) is 0 Å². The Morgan fingerprint density at radius 2 is 2.21 bits per heavy atom. The summed E-state index contributed by atoms with van der Waals surface area (Å²) in [6.07, 6.45) is 2.29. The molecule has 0 saturated heterocycles. The van der Waals surface area contributed by atoms with Gasteiger partial charge in [0.2, 0.25) is 0 Å². The number of aryl methyl sites for hydroxylation is 1. The molecule has 98 valence electrons.